The van der Waals surface area contributed by atoms with Crippen LogP contribution in [-0.4, -0.2) is 19.2 Å². The van der Waals surface area contributed by atoms with Gasteiger partial charge in [-0.2, -0.15) is 0 Å². The molecule has 0 aromatic heterocycles. The van der Waals surface area contributed by atoms with Gasteiger partial charge in [0.05, 0.1) is 13.2 Å². The maximum absolute atomic E-state index is 12.0. The highest BCUT2D eigenvalue weighted by Gasteiger charge is 2.07. The zero-order valence-corrected chi connectivity index (χ0v) is 15.0. The molecule has 6 heteroatoms. The third kappa shape index (κ3) is 6.04. The Labute approximate surface area is 152 Å². The summed E-state index contributed by atoms with van der Waals surface area (Å²) in [6, 6.07) is 12.2. The Kier molecular flexibility index (Phi) is 7.16. The van der Waals surface area contributed by atoms with Gasteiger partial charge in [-0.15, -0.1) is 0 Å². The second-order valence-electron chi connectivity index (χ2n) is 5.01. The Hall–Kier alpha value is -2.66. The second-order valence-corrected chi connectivity index (χ2v) is 5.45. The summed E-state index contributed by atoms with van der Waals surface area (Å²) in [5.74, 6) is 1.24. The van der Waals surface area contributed by atoms with Gasteiger partial charge < -0.3 is 20.1 Å². The van der Waals surface area contributed by atoms with Crippen LogP contribution in [0.15, 0.2) is 48.7 Å². The fourth-order valence-corrected chi connectivity index (χ4v) is 2.32. The van der Waals surface area contributed by atoms with Crippen molar-refractivity contribution in [2.24, 2.45) is 0 Å². The second kappa shape index (κ2) is 9.59. The van der Waals surface area contributed by atoms with Crippen LogP contribution in [0.1, 0.15) is 19.4 Å². The van der Waals surface area contributed by atoms with Gasteiger partial charge in [-0.25, -0.2) is 4.79 Å². The lowest BCUT2D eigenvalue weighted by Crippen LogP contribution is -2.23. The van der Waals surface area contributed by atoms with Crippen LogP contribution in [0.4, 0.5) is 10.5 Å². The summed E-state index contributed by atoms with van der Waals surface area (Å²) in [7, 11) is 0. The zero-order chi connectivity index (χ0) is 18.1. The van der Waals surface area contributed by atoms with E-state index in [1.54, 1.807) is 42.6 Å². The van der Waals surface area contributed by atoms with E-state index in [0.29, 0.717) is 35.4 Å². The maximum atomic E-state index is 12.0. The molecule has 0 aliphatic rings. The number of carbonyl (C=O) groups is 1. The van der Waals surface area contributed by atoms with Crippen molar-refractivity contribution in [1.82, 2.24) is 5.32 Å². The molecule has 0 heterocycles. The fraction of sp³-hybridized carbons (Fsp3) is 0.211. The lowest BCUT2D eigenvalue weighted by Gasteiger charge is -2.12. The fourth-order valence-electron chi connectivity index (χ4n) is 2.12. The van der Waals surface area contributed by atoms with E-state index < -0.39 is 0 Å². The normalized spacial score (nSPS) is 10.5. The SMILES string of the molecule is CCOc1ccc(NC(=O)N/C=C/c2cccc(Cl)c2)cc1OCC. The summed E-state index contributed by atoms with van der Waals surface area (Å²) < 4.78 is 11.0. The van der Waals surface area contributed by atoms with Gasteiger partial charge in [-0.3, -0.25) is 0 Å². The third-order valence-electron chi connectivity index (χ3n) is 3.14. The molecule has 0 aliphatic heterocycles. The average molecular weight is 361 g/mol. The molecule has 2 aromatic rings. The van der Waals surface area contributed by atoms with Crippen molar-refractivity contribution in [3.63, 3.8) is 0 Å². The minimum atomic E-state index is -0.357. The number of amides is 2. The molecule has 2 aromatic carbocycles. The summed E-state index contributed by atoms with van der Waals surface area (Å²) in [4.78, 5) is 12.0. The Morgan fingerprint density at radius 1 is 1.08 bits per heavy atom. The molecular weight excluding hydrogens is 340 g/mol. The van der Waals surface area contributed by atoms with Gasteiger partial charge in [0, 0.05) is 23.0 Å². The van der Waals surface area contributed by atoms with E-state index in [0.717, 1.165) is 5.56 Å². The van der Waals surface area contributed by atoms with Gasteiger partial charge in [0.2, 0.25) is 0 Å². The Balaban J connectivity index is 1.96. The van der Waals surface area contributed by atoms with Crippen molar-refractivity contribution in [3.8, 4) is 11.5 Å². The van der Waals surface area contributed by atoms with Gasteiger partial charge in [0.1, 0.15) is 0 Å². The maximum Gasteiger partial charge on any atom is 0.323 e. The number of carbonyl (C=O) groups excluding carboxylic acids is 1. The summed E-state index contributed by atoms with van der Waals surface area (Å²) >= 11 is 5.91. The first-order valence-electron chi connectivity index (χ1n) is 8.01. The van der Waals surface area contributed by atoms with Crippen LogP contribution < -0.4 is 20.1 Å². The molecule has 5 nitrogen and oxygen atoms in total. The van der Waals surface area contributed by atoms with E-state index in [-0.39, 0.29) is 6.03 Å². The van der Waals surface area contributed by atoms with E-state index in [1.807, 2.05) is 26.0 Å². The molecule has 0 radical (unpaired) electrons. The zero-order valence-electron chi connectivity index (χ0n) is 14.2. The highest BCUT2D eigenvalue weighted by atomic mass is 35.5. The third-order valence-corrected chi connectivity index (χ3v) is 3.38. The van der Waals surface area contributed by atoms with Gasteiger partial charge in [-0.05, 0) is 49.8 Å². The number of halogens is 1. The Morgan fingerprint density at radius 2 is 1.84 bits per heavy atom. The smallest absolute Gasteiger partial charge is 0.323 e. The molecule has 0 aliphatic carbocycles. The van der Waals surface area contributed by atoms with Crippen LogP contribution in [0.2, 0.25) is 5.02 Å². The lowest BCUT2D eigenvalue weighted by atomic mass is 10.2. The molecule has 0 atom stereocenters. The molecule has 0 bridgehead atoms. The van der Waals surface area contributed by atoms with Gasteiger partial charge >= 0.3 is 6.03 Å². The quantitative estimate of drug-likeness (QED) is 0.736. The van der Waals surface area contributed by atoms with Crippen molar-refractivity contribution in [2.45, 2.75) is 13.8 Å². The number of ether oxygens (including phenoxy) is 2. The highest BCUT2D eigenvalue weighted by Crippen LogP contribution is 2.30. The molecule has 0 saturated carbocycles. The van der Waals surface area contributed by atoms with E-state index in [4.69, 9.17) is 21.1 Å². The summed E-state index contributed by atoms with van der Waals surface area (Å²) in [6.45, 7) is 4.85. The molecule has 2 N–H and O–H groups in total. The minimum Gasteiger partial charge on any atom is -0.490 e. The minimum absolute atomic E-state index is 0.357. The van der Waals surface area contributed by atoms with Crippen LogP contribution in [-0.2, 0) is 0 Å². The largest absolute Gasteiger partial charge is 0.490 e. The van der Waals surface area contributed by atoms with E-state index in [2.05, 4.69) is 10.6 Å². The van der Waals surface area contributed by atoms with Gasteiger partial charge in [0.15, 0.2) is 11.5 Å². The molecule has 0 unspecified atom stereocenters. The summed E-state index contributed by atoms with van der Waals surface area (Å²) in [5, 5.41) is 6.03. The molecule has 2 amide bonds. The predicted octanol–water partition coefficient (Wildman–Crippen LogP) is 4.93. The summed E-state index contributed by atoms with van der Waals surface area (Å²) in [5.41, 5.74) is 1.51. The number of rotatable bonds is 7. The first-order valence-corrected chi connectivity index (χ1v) is 8.39. The van der Waals surface area contributed by atoms with E-state index >= 15 is 0 Å². The predicted molar refractivity (Wildman–Crippen MR) is 101 cm³/mol. The summed E-state index contributed by atoms with van der Waals surface area (Å²) in [6.07, 6.45) is 3.31. The molecule has 0 saturated heterocycles. The average Bonchev–Trinajstić information content (AvgIpc) is 2.58. The Bertz CT molecular complexity index is 747. The molecular formula is C19H21ClN2O3. The highest BCUT2D eigenvalue weighted by molar-refractivity contribution is 6.30. The molecule has 132 valence electrons. The number of benzene rings is 2. The number of nitrogens with one attached hydrogen (secondary N) is 2. The lowest BCUT2D eigenvalue weighted by molar-refractivity contribution is 0.255. The van der Waals surface area contributed by atoms with Crippen LogP contribution in [0.25, 0.3) is 6.08 Å². The standard InChI is InChI=1S/C19H21ClN2O3/c1-3-24-17-9-8-16(13-18(17)25-4-2)22-19(23)21-11-10-14-6-5-7-15(20)12-14/h5-13H,3-4H2,1-2H3,(H2,21,22,23)/b11-10+. The molecule has 0 fully saturated rings. The van der Waals surface area contributed by atoms with Crippen molar-refractivity contribution in [3.05, 3.63) is 59.3 Å². The van der Waals surface area contributed by atoms with Crippen LogP contribution in [0, 0.1) is 0 Å². The van der Waals surface area contributed by atoms with Crippen molar-refractivity contribution in [1.29, 1.82) is 0 Å². The molecule has 2 rings (SSSR count). The van der Waals surface area contributed by atoms with Crippen molar-refractivity contribution < 1.29 is 14.3 Å². The number of hydrogen-bond donors (Lipinski definition) is 2. The molecule has 0 spiro atoms. The van der Waals surface area contributed by atoms with Crippen LogP contribution >= 0.6 is 11.6 Å². The van der Waals surface area contributed by atoms with E-state index in [9.17, 15) is 4.79 Å². The van der Waals surface area contributed by atoms with Crippen LogP contribution in [0.5, 0.6) is 11.5 Å². The van der Waals surface area contributed by atoms with Crippen LogP contribution in [0.3, 0.4) is 0 Å². The monoisotopic (exact) mass is 360 g/mol. The van der Waals surface area contributed by atoms with Crippen molar-refractivity contribution in [2.75, 3.05) is 18.5 Å². The Morgan fingerprint density at radius 3 is 2.56 bits per heavy atom. The number of hydrogen-bond acceptors (Lipinski definition) is 3. The molecule has 25 heavy (non-hydrogen) atoms. The first kappa shape index (κ1) is 18.7. The number of anilines is 1. The van der Waals surface area contributed by atoms with Gasteiger partial charge in [-0.1, -0.05) is 23.7 Å². The van der Waals surface area contributed by atoms with Gasteiger partial charge in [0.25, 0.3) is 0 Å². The van der Waals surface area contributed by atoms with E-state index in [1.165, 1.54) is 0 Å². The first-order chi connectivity index (χ1) is 12.1. The topological polar surface area (TPSA) is 59.6 Å². The van der Waals surface area contributed by atoms with Crippen molar-refractivity contribution >= 4 is 29.4 Å². The number of urea groups is 1.